The van der Waals surface area contributed by atoms with Gasteiger partial charge in [-0.3, -0.25) is 0 Å². The maximum atomic E-state index is 12.2. The fourth-order valence-corrected chi connectivity index (χ4v) is 1.79. The van der Waals surface area contributed by atoms with Gasteiger partial charge >= 0.3 is 6.09 Å². The van der Waals surface area contributed by atoms with Gasteiger partial charge in [0.25, 0.3) is 0 Å². The molecule has 0 saturated carbocycles. The molecule has 1 aliphatic rings. The highest BCUT2D eigenvalue weighted by atomic mass is 19.3. The van der Waals surface area contributed by atoms with Crippen LogP contribution in [0.15, 0.2) is 0 Å². The van der Waals surface area contributed by atoms with Crippen LogP contribution in [0.5, 0.6) is 0 Å². The summed E-state index contributed by atoms with van der Waals surface area (Å²) in [4.78, 5) is 12.9. The van der Waals surface area contributed by atoms with Crippen molar-refractivity contribution in [1.82, 2.24) is 4.90 Å². The molecule has 0 aromatic heterocycles. The van der Waals surface area contributed by atoms with Crippen LogP contribution in [0.1, 0.15) is 27.2 Å². The largest absolute Gasteiger partial charge is 0.444 e. The summed E-state index contributed by atoms with van der Waals surface area (Å²) in [7, 11) is 0. The summed E-state index contributed by atoms with van der Waals surface area (Å²) in [5.74, 6) is -0.567. The number of hydrogen-bond donors (Lipinski definition) is 1. The molecule has 1 rings (SSSR count). The van der Waals surface area contributed by atoms with Crippen molar-refractivity contribution in [3.05, 3.63) is 0 Å². The van der Waals surface area contributed by atoms with E-state index >= 15 is 0 Å². The molecule has 0 aliphatic carbocycles. The molecule has 0 unspecified atom stereocenters. The Morgan fingerprint density at radius 1 is 1.47 bits per heavy atom. The van der Waals surface area contributed by atoms with Crippen LogP contribution in [0.2, 0.25) is 0 Å². The van der Waals surface area contributed by atoms with Crippen LogP contribution < -0.4 is 0 Å². The number of aliphatic hydroxyl groups is 1. The van der Waals surface area contributed by atoms with Crippen LogP contribution in [0.4, 0.5) is 13.6 Å². The topological polar surface area (TPSA) is 49.8 Å². The Hall–Kier alpha value is -0.910. The average Bonchev–Trinajstić information content (AvgIpc) is 2.44. The summed E-state index contributed by atoms with van der Waals surface area (Å²) in [5.41, 5.74) is -0.622. The lowest BCUT2D eigenvalue weighted by atomic mass is 10.0. The minimum Gasteiger partial charge on any atom is -0.444 e. The lowest BCUT2D eigenvalue weighted by molar-refractivity contribution is 0.0269. The van der Waals surface area contributed by atoms with Crippen LogP contribution >= 0.6 is 0 Å². The highest BCUT2D eigenvalue weighted by Crippen LogP contribution is 2.24. The standard InChI is InChI=1S/C11H19F2NO3/c1-11(2,3)17-10(16)14-5-7(4-9(12)13)8(15)6-14/h7-9,15H,4-6H2,1-3H3/t7-,8-/m1/s1. The van der Waals surface area contributed by atoms with Crippen molar-refractivity contribution in [2.75, 3.05) is 13.1 Å². The highest BCUT2D eigenvalue weighted by Gasteiger charge is 2.37. The summed E-state index contributed by atoms with van der Waals surface area (Å²) in [6.07, 6.45) is -4.31. The van der Waals surface area contributed by atoms with E-state index in [-0.39, 0.29) is 19.5 Å². The van der Waals surface area contributed by atoms with Crippen molar-refractivity contribution in [3.63, 3.8) is 0 Å². The van der Waals surface area contributed by atoms with Crippen molar-refractivity contribution >= 4 is 6.09 Å². The van der Waals surface area contributed by atoms with E-state index in [0.29, 0.717) is 0 Å². The molecule has 17 heavy (non-hydrogen) atoms. The van der Waals surface area contributed by atoms with E-state index in [9.17, 15) is 18.7 Å². The van der Waals surface area contributed by atoms with Crippen LogP contribution in [0.25, 0.3) is 0 Å². The number of carbonyl (C=O) groups is 1. The molecule has 1 heterocycles. The molecule has 1 fully saturated rings. The van der Waals surface area contributed by atoms with Gasteiger partial charge in [0.15, 0.2) is 0 Å². The first-order valence-corrected chi connectivity index (χ1v) is 5.63. The van der Waals surface area contributed by atoms with Gasteiger partial charge in [-0.25, -0.2) is 13.6 Å². The average molecular weight is 251 g/mol. The van der Waals surface area contributed by atoms with Gasteiger partial charge in [-0.2, -0.15) is 0 Å². The molecule has 0 aromatic carbocycles. The highest BCUT2D eigenvalue weighted by molar-refractivity contribution is 5.68. The Kier molecular flexibility index (Phi) is 4.30. The van der Waals surface area contributed by atoms with Crippen molar-refractivity contribution < 1.29 is 23.4 Å². The molecule has 6 heteroatoms. The van der Waals surface area contributed by atoms with Gasteiger partial charge in [-0.1, -0.05) is 0 Å². The summed E-state index contributed by atoms with van der Waals surface area (Å²) >= 11 is 0. The first-order chi connectivity index (χ1) is 7.69. The fraction of sp³-hybridized carbons (Fsp3) is 0.909. The predicted molar refractivity (Wildman–Crippen MR) is 57.9 cm³/mol. The van der Waals surface area contributed by atoms with Crippen LogP contribution in [0, 0.1) is 5.92 Å². The van der Waals surface area contributed by atoms with Gasteiger partial charge < -0.3 is 14.7 Å². The zero-order chi connectivity index (χ0) is 13.2. The molecule has 100 valence electrons. The molecule has 1 N–H and O–H groups in total. The summed E-state index contributed by atoms with van der Waals surface area (Å²) in [6, 6.07) is 0. The van der Waals surface area contributed by atoms with E-state index in [1.165, 1.54) is 4.90 Å². The molecule has 2 atom stereocenters. The van der Waals surface area contributed by atoms with E-state index < -0.39 is 30.1 Å². The number of amides is 1. The number of aliphatic hydroxyl groups excluding tert-OH is 1. The minimum absolute atomic E-state index is 0.0618. The third-order valence-corrected chi connectivity index (χ3v) is 2.54. The number of carbonyl (C=O) groups excluding carboxylic acids is 1. The maximum absolute atomic E-state index is 12.2. The van der Waals surface area contributed by atoms with Crippen molar-refractivity contribution in [2.24, 2.45) is 5.92 Å². The Morgan fingerprint density at radius 3 is 2.53 bits per heavy atom. The third-order valence-electron chi connectivity index (χ3n) is 2.54. The normalized spacial score (nSPS) is 25.5. The molecular weight excluding hydrogens is 232 g/mol. The monoisotopic (exact) mass is 251 g/mol. The number of halogens is 2. The van der Waals surface area contributed by atoms with E-state index in [0.717, 1.165) is 0 Å². The molecule has 0 bridgehead atoms. The lowest BCUT2D eigenvalue weighted by Crippen LogP contribution is -2.35. The van der Waals surface area contributed by atoms with E-state index in [1.54, 1.807) is 20.8 Å². The van der Waals surface area contributed by atoms with Crippen LogP contribution in [-0.2, 0) is 4.74 Å². The zero-order valence-corrected chi connectivity index (χ0v) is 10.3. The quantitative estimate of drug-likeness (QED) is 0.815. The van der Waals surface area contributed by atoms with Gasteiger partial charge in [0, 0.05) is 18.9 Å². The number of likely N-dealkylation sites (tertiary alicyclic amines) is 1. The molecule has 1 saturated heterocycles. The smallest absolute Gasteiger partial charge is 0.410 e. The van der Waals surface area contributed by atoms with E-state index in [4.69, 9.17) is 4.74 Å². The second-order valence-corrected chi connectivity index (χ2v) is 5.34. The number of ether oxygens (including phenoxy) is 1. The van der Waals surface area contributed by atoms with Crippen molar-refractivity contribution in [1.29, 1.82) is 0 Å². The van der Waals surface area contributed by atoms with Crippen LogP contribution in [0.3, 0.4) is 0 Å². The van der Waals surface area contributed by atoms with Gasteiger partial charge in [0.2, 0.25) is 6.43 Å². The van der Waals surface area contributed by atoms with Crippen molar-refractivity contribution in [3.8, 4) is 0 Å². The number of alkyl halides is 2. The fourth-order valence-electron chi connectivity index (χ4n) is 1.79. The number of nitrogens with zero attached hydrogens (tertiary/aromatic N) is 1. The first-order valence-electron chi connectivity index (χ1n) is 5.63. The summed E-state index contributed by atoms with van der Waals surface area (Å²) in [5, 5.41) is 9.57. The molecule has 0 radical (unpaired) electrons. The first kappa shape index (κ1) is 14.2. The Bertz CT molecular complexity index is 278. The minimum atomic E-state index is -2.46. The summed E-state index contributed by atoms with van der Waals surface area (Å²) in [6.45, 7) is 5.38. The van der Waals surface area contributed by atoms with E-state index in [1.807, 2.05) is 0 Å². The second kappa shape index (κ2) is 5.16. The number of β-amino-alcohol motifs (C(OH)–C–C–N with tert-alkyl or cyclic N) is 1. The Labute approximate surface area is 99.5 Å². The zero-order valence-electron chi connectivity index (χ0n) is 10.3. The molecular formula is C11H19F2NO3. The molecule has 0 aromatic rings. The van der Waals surface area contributed by atoms with Gasteiger partial charge in [-0.05, 0) is 20.8 Å². The number of rotatable bonds is 2. The van der Waals surface area contributed by atoms with Gasteiger partial charge in [0.1, 0.15) is 5.60 Å². The van der Waals surface area contributed by atoms with Crippen LogP contribution in [-0.4, -0.2) is 47.3 Å². The molecule has 1 aliphatic heterocycles. The molecule has 1 amide bonds. The number of hydrogen-bond acceptors (Lipinski definition) is 3. The maximum Gasteiger partial charge on any atom is 0.410 e. The van der Waals surface area contributed by atoms with Gasteiger partial charge in [-0.15, -0.1) is 0 Å². The molecule has 0 spiro atoms. The van der Waals surface area contributed by atoms with E-state index in [2.05, 4.69) is 0 Å². The summed E-state index contributed by atoms with van der Waals surface area (Å²) < 4.78 is 29.5. The SMILES string of the molecule is CC(C)(C)OC(=O)N1C[C@@H](CC(F)F)[C@H](O)C1. The van der Waals surface area contributed by atoms with Gasteiger partial charge in [0.05, 0.1) is 12.6 Å². The lowest BCUT2D eigenvalue weighted by Gasteiger charge is -2.24. The van der Waals surface area contributed by atoms with Crippen molar-refractivity contribution in [2.45, 2.75) is 45.3 Å². The third kappa shape index (κ3) is 4.46. The Morgan fingerprint density at radius 2 is 2.06 bits per heavy atom. The Balaban J connectivity index is 2.51. The predicted octanol–water partition coefficient (Wildman–Crippen LogP) is 1.87. The second-order valence-electron chi connectivity index (χ2n) is 5.34. The molecule has 4 nitrogen and oxygen atoms in total.